The zero-order chi connectivity index (χ0) is 21.6. The minimum Gasteiger partial charge on any atom is -0.371 e. The van der Waals surface area contributed by atoms with Crippen LogP contribution in [-0.4, -0.2) is 39.9 Å². The van der Waals surface area contributed by atoms with E-state index in [9.17, 15) is 9.59 Å². The number of carbonyl (C=O) groups excluding carboxylic acids is 2. The molecular formula is C22H21ClN6O2. The Kier molecular flexibility index (Phi) is 6.37. The van der Waals surface area contributed by atoms with Crippen molar-refractivity contribution in [3.8, 4) is 0 Å². The summed E-state index contributed by atoms with van der Waals surface area (Å²) in [5.41, 5.74) is 1.90. The van der Waals surface area contributed by atoms with Crippen molar-refractivity contribution in [2.45, 2.75) is 12.8 Å². The maximum Gasteiger partial charge on any atom is 0.260 e. The average molecular weight is 437 g/mol. The van der Waals surface area contributed by atoms with Crippen molar-refractivity contribution in [3.63, 3.8) is 0 Å². The summed E-state index contributed by atoms with van der Waals surface area (Å²) in [5, 5.41) is 5.92. The van der Waals surface area contributed by atoms with Gasteiger partial charge >= 0.3 is 0 Å². The molecule has 1 fully saturated rings. The Balaban J connectivity index is 1.39. The van der Waals surface area contributed by atoms with E-state index in [2.05, 4.69) is 30.5 Å². The number of pyridine rings is 1. The lowest BCUT2D eigenvalue weighted by Gasteiger charge is -2.33. The summed E-state index contributed by atoms with van der Waals surface area (Å²) in [5.74, 6) is -0.476. The van der Waals surface area contributed by atoms with Crippen LogP contribution in [0.25, 0.3) is 0 Å². The molecule has 158 valence electrons. The Hall–Kier alpha value is -3.52. The molecule has 2 aromatic heterocycles. The molecule has 4 rings (SSSR count). The molecule has 1 saturated heterocycles. The lowest BCUT2D eigenvalue weighted by molar-refractivity contribution is -0.120. The third-order valence-electron chi connectivity index (χ3n) is 5.17. The van der Waals surface area contributed by atoms with E-state index in [-0.39, 0.29) is 17.8 Å². The van der Waals surface area contributed by atoms with Crippen LogP contribution in [0, 0.1) is 5.92 Å². The van der Waals surface area contributed by atoms with Crippen molar-refractivity contribution in [2.24, 2.45) is 5.92 Å². The fourth-order valence-corrected chi connectivity index (χ4v) is 3.62. The van der Waals surface area contributed by atoms with Gasteiger partial charge in [-0.2, -0.15) is 0 Å². The number of hydrogen-bond donors (Lipinski definition) is 2. The number of para-hydroxylation sites is 1. The van der Waals surface area contributed by atoms with Crippen LogP contribution in [0.3, 0.4) is 0 Å². The van der Waals surface area contributed by atoms with Crippen LogP contribution in [0.2, 0.25) is 5.02 Å². The maximum atomic E-state index is 12.9. The predicted octanol–water partition coefficient (Wildman–Crippen LogP) is 3.63. The highest BCUT2D eigenvalue weighted by Crippen LogP contribution is 2.25. The number of amides is 2. The first-order valence-corrected chi connectivity index (χ1v) is 10.3. The molecule has 0 spiro atoms. The highest BCUT2D eigenvalue weighted by atomic mass is 35.5. The van der Waals surface area contributed by atoms with Crippen molar-refractivity contribution in [1.29, 1.82) is 0 Å². The number of hydrogen-bond acceptors (Lipinski definition) is 6. The van der Waals surface area contributed by atoms with Crippen molar-refractivity contribution >= 4 is 40.7 Å². The van der Waals surface area contributed by atoms with Crippen molar-refractivity contribution in [3.05, 3.63) is 71.8 Å². The fourth-order valence-electron chi connectivity index (χ4n) is 3.53. The quantitative estimate of drug-likeness (QED) is 0.633. The van der Waals surface area contributed by atoms with Crippen LogP contribution >= 0.6 is 11.6 Å². The van der Waals surface area contributed by atoms with Crippen LogP contribution < -0.4 is 15.5 Å². The van der Waals surface area contributed by atoms with E-state index in [1.807, 2.05) is 12.1 Å². The summed E-state index contributed by atoms with van der Waals surface area (Å²) in [6.45, 7) is 1.58. The first-order chi connectivity index (χ1) is 15.1. The third kappa shape index (κ3) is 5.16. The molecule has 3 aromatic rings. The monoisotopic (exact) mass is 436 g/mol. The van der Waals surface area contributed by atoms with Gasteiger partial charge in [-0.15, -0.1) is 0 Å². The number of benzene rings is 1. The van der Waals surface area contributed by atoms with Gasteiger partial charge in [-0.05, 0) is 37.1 Å². The van der Waals surface area contributed by atoms with Gasteiger partial charge in [-0.25, -0.2) is 9.97 Å². The highest BCUT2D eigenvalue weighted by Gasteiger charge is 2.26. The van der Waals surface area contributed by atoms with E-state index >= 15 is 0 Å². The lowest BCUT2D eigenvalue weighted by Crippen LogP contribution is -2.38. The number of piperidine rings is 1. The molecule has 2 amide bonds. The second-order valence-corrected chi connectivity index (χ2v) is 7.62. The average Bonchev–Trinajstić information content (AvgIpc) is 2.81. The van der Waals surface area contributed by atoms with E-state index in [0.29, 0.717) is 16.3 Å². The van der Waals surface area contributed by atoms with E-state index in [0.717, 1.165) is 31.6 Å². The molecule has 0 saturated carbocycles. The first kappa shape index (κ1) is 20.7. The van der Waals surface area contributed by atoms with Crippen LogP contribution in [0.15, 0.2) is 61.2 Å². The number of aromatic nitrogens is 3. The van der Waals surface area contributed by atoms with Crippen LogP contribution in [0.5, 0.6) is 0 Å². The molecule has 0 unspecified atom stereocenters. The molecule has 0 radical (unpaired) electrons. The van der Waals surface area contributed by atoms with Crippen molar-refractivity contribution < 1.29 is 9.59 Å². The Bertz CT molecular complexity index is 1050. The minimum absolute atomic E-state index is 0.0858. The lowest BCUT2D eigenvalue weighted by atomic mass is 9.95. The summed E-state index contributed by atoms with van der Waals surface area (Å²) in [7, 11) is 0. The second kappa shape index (κ2) is 9.53. The summed E-state index contributed by atoms with van der Waals surface area (Å²) in [4.78, 5) is 39.8. The fraction of sp³-hybridized carbons (Fsp3) is 0.227. The molecule has 2 N–H and O–H groups in total. The summed E-state index contributed by atoms with van der Waals surface area (Å²) in [6.07, 6.45) is 7.81. The molecule has 0 aliphatic carbocycles. The number of rotatable bonds is 5. The van der Waals surface area contributed by atoms with Crippen LogP contribution in [0.4, 0.5) is 17.3 Å². The molecule has 31 heavy (non-hydrogen) atoms. The number of carbonyl (C=O) groups is 2. The van der Waals surface area contributed by atoms with Gasteiger partial charge in [0.1, 0.15) is 0 Å². The van der Waals surface area contributed by atoms with Crippen LogP contribution in [-0.2, 0) is 4.79 Å². The molecule has 3 heterocycles. The number of anilines is 3. The Morgan fingerprint density at radius 3 is 2.35 bits per heavy atom. The number of nitrogens with zero attached hydrogens (tertiary/aromatic N) is 4. The van der Waals surface area contributed by atoms with E-state index in [1.165, 1.54) is 12.4 Å². The van der Waals surface area contributed by atoms with Gasteiger partial charge in [0.05, 0.1) is 28.7 Å². The zero-order valence-electron chi connectivity index (χ0n) is 16.7. The van der Waals surface area contributed by atoms with Gasteiger partial charge in [0.25, 0.3) is 5.91 Å². The van der Waals surface area contributed by atoms with Crippen LogP contribution in [0.1, 0.15) is 23.2 Å². The molecule has 0 atom stereocenters. The zero-order valence-corrected chi connectivity index (χ0v) is 17.4. The predicted molar refractivity (Wildman–Crippen MR) is 119 cm³/mol. The van der Waals surface area contributed by atoms with Gasteiger partial charge in [0, 0.05) is 37.1 Å². The normalized spacial score (nSPS) is 14.2. The van der Waals surface area contributed by atoms with E-state index in [1.54, 1.807) is 36.7 Å². The van der Waals surface area contributed by atoms with Gasteiger partial charge < -0.3 is 10.2 Å². The molecule has 1 aliphatic rings. The molecule has 0 bridgehead atoms. The molecule has 9 heteroatoms. The van der Waals surface area contributed by atoms with Gasteiger partial charge in [-0.1, -0.05) is 23.7 Å². The summed E-state index contributed by atoms with van der Waals surface area (Å²) in [6, 6.07) is 10.8. The number of nitrogens with one attached hydrogen (secondary N) is 2. The SMILES string of the molecule is O=C(Nc1ncc(Cl)cn1)c1ccccc1NC(=O)C1CCN(c2ccncc2)CC1. The van der Waals surface area contributed by atoms with Gasteiger partial charge in [-0.3, -0.25) is 19.9 Å². The largest absolute Gasteiger partial charge is 0.371 e. The second-order valence-electron chi connectivity index (χ2n) is 7.18. The Morgan fingerprint density at radius 1 is 0.968 bits per heavy atom. The maximum absolute atomic E-state index is 12.9. The van der Waals surface area contributed by atoms with E-state index in [4.69, 9.17) is 11.6 Å². The topological polar surface area (TPSA) is 100 Å². The third-order valence-corrected chi connectivity index (χ3v) is 5.36. The Morgan fingerprint density at radius 2 is 1.65 bits per heavy atom. The molecular weight excluding hydrogens is 416 g/mol. The minimum atomic E-state index is -0.411. The van der Waals surface area contributed by atoms with Crippen molar-refractivity contribution in [2.75, 3.05) is 28.6 Å². The molecule has 1 aromatic carbocycles. The van der Waals surface area contributed by atoms with Gasteiger partial charge in [0.15, 0.2) is 0 Å². The standard InChI is InChI=1S/C22H21ClN6O2/c23-16-13-25-22(26-14-16)28-21(31)18-3-1-2-4-19(18)27-20(30)15-7-11-29(12-8-15)17-5-9-24-10-6-17/h1-6,9-10,13-15H,7-8,11-12H2,(H,27,30)(H,25,26,28,31). The van der Waals surface area contributed by atoms with Crippen molar-refractivity contribution in [1.82, 2.24) is 15.0 Å². The summed E-state index contributed by atoms with van der Waals surface area (Å²) < 4.78 is 0. The van der Waals surface area contributed by atoms with E-state index < -0.39 is 5.91 Å². The smallest absolute Gasteiger partial charge is 0.260 e. The Labute approximate surface area is 184 Å². The van der Waals surface area contributed by atoms with Gasteiger partial charge in [0.2, 0.25) is 11.9 Å². The molecule has 1 aliphatic heterocycles. The molecule has 8 nitrogen and oxygen atoms in total. The number of halogens is 1. The summed E-state index contributed by atoms with van der Waals surface area (Å²) >= 11 is 5.77. The first-order valence-electron chi connectivity index (χ1n) is 9.94. The highest BCUT2D eigenvalue weighted by molar-refractivity contribution is 6.30.